The lowest BCUT2D eigenvalue weighted by atomic mass is 9.97. The van der Waals surface area contributed by atoms with E-state index in [2.05, 4.69) is 21.6 Å². The third kappa shape index (κ3) is 5.35. The van der Waals surface area contributed by atoms with E-state index >= 15 is 0 Å². The highest BCUT2D eigenvalue weighted by molar-refractivity contribution is 8.00. The molecule has 0 aliphatic heterocycles. The van der Waals surface area contributed by atoms with Gasteiger partial charge in [0, 0.05) is 12.2 Å². The average molecular weight is 387 g/mol. The number of hydrogen-bond donors (Lipinski definition) is 1. The fourth-order valence-corrected chi connectivity index (χ4v) is 3.93. The van der Waals surface area contributed by atoms with E-state index in [1.165, 1.54) is 43.0 Å². The topological polar surface area (TPSA) is 69.0 Å². The Morgan fingerprint density at radius 2 is 2.15 bits per heavy atom. The Kier molecular flexibility index (Phi) is 6.92. The number of allylic oxidation sites excluding steroid dienone is 1. The predicted octanol–water partition coefficient (Wildman–Crippen LogP) is 3.76. The number of rotatable bonds is 8. The van der Waals surface area contributed by atoms with Gasteiger partial charge in [-0.2, -0.15) is 0 Å². The second-order valence-corrected chi connectivity index (χ2v) is 7.90. The molecule has 144 valence electrons. The molecule has 1 aromatic heterocycles. The highest BCUT2D eigenvalue weighted by atomic mass is 32.2. The summed E-state index contributed by atoms with van der Waals surface area (Å²) in [5.74, 6) is 0.822. The van der Waals surface area contributed by atoms with Crippen LogP contribution in [0.5, 0.6) is 5.75 Å². The van der Waals surface area contributed by atoms with Crippen molar-refractivity contribution in [2.24, 2.45) is 0 Å². The normalized spacial score (nSPS) is 15.1. The largest absolute Gasteiger partial charge is 0.497 e. The molecule has 1 heterocycles. The molecular formula is C20H26N4O2S. The van der Waals surface area contributed by atoms with Gasteiger partial charge in [-0.3, -0.25) is 9.36 Å². The molecule has 1 aliphatic rings. The van der Waals surface area contributed by atoms with Crippen LogP contribution in [0.4, 0.5) is 0 Å². The maximum atomic E-state index is 12.4. The zero-order chi connectivity index (χ0) is 19.1. The summed E-state index contributed by atoms with van der Waals surface area (Å²) < 4.78 is 7.07. The number of nitrogens with one attached hydrogen (secondary N) is 1. The highest BCUT2D eigenvalue weighted by Gasteiger charge is 2.18. The van der Waals surface area contributed by atoms with Crippen LogP contribution in [0.2, 0.25) is 0 Å². The molecule has 0 saturated carbocycles. The van der Waals surface area contributed by atoms with Gasteiger partial charge in [-0.05, 0) is 63.3 Å². The number of carbonyl (C=O) groups is 1. The molecule has 0 radical (unpaired) electrons. The summed E-state index contributed by atoms with van der Waals surface area (Å²) in [5.41, 5.74) is 2.40. The minimum absolute atomic E-state index is 0.0284. The van der Waals surface area contributed by atoms with Gasteiger partial charge in [0.1, 0.15) is 12.1 Å². The van der Waals surface area contributed by atoms with E-state index in [-0.39, 0.29) is 11.2 Å². The highest BCUT2D eigenvalue weighted by Crippen LogP contribution is 2.25. The Labute approximate surface area is 164 Å². The second-order valence-electron chi connectivity index (χ2n) is 6.59. The van der Waals surface area contributed by atoms with Gasteiger partial charge in [0.25, 0.3) is 0 Å². The van der Waals surface area contributed by atoms with Crippen LogP contribution in [0.3, 0.4) is 0 Å². The van der Waals surface area contributed by atoms with Crippen molar-refractivity contribution in [3.8, 4) is 11.4 Å². The van der Waals surface area contributed by atoms with E-state index in [0.717, 1.165) is 17.9 Å². The molecule has 1 N–H and O–H groups in total. The summed E-state index contributed by atoms with van der Waals surface area (Å²) in [6.45, 7) is 2.59. The summed E-state index contributed by atoms with van der Waals surface area (Å²) in [5, 5.41) is 11.7. The molecule has 7 heteroatoms. The van der Waals surface area contributed by atoms with Crippen LogP contribution < -0.4 is 10.1 Å². The molecule has 6 nitrogen and oxygen atoms in total. The number of methoxy groups -OCH3 is 1. The number of carbonyl (C=O) groups excluding carboxylic acids is 1. The summed E-state index contributed by atoms with van der Waals surface area (Å²) in [6.07, 6.45) is 9.84. The Balaban J connectivity index is 1.54. The first kappa shape index (κ1) is 19.5. The minimum atomic E-state index is -0.244. The van der Waals surface area contributed by atoms with Crippen LogP contribution in [0.25, 0.3) is 5.69 Å². The van der Waals surface area contributed by atoms with Crippen molar-refractivity contribution < 1.29 is 9.53 Å². The molecule has 0 unspecified atom stereocenters. The molecule has 3 rings (SSSR count). The number of nitrogens with zero attached hydrogens (tertiary/aromatic N) is 3. The maximum absolute atomic E-state index is 12.4. The van der Waals surface area contributed by atoms with Crippen molar-refractivity contribution in [2.75, 3.05) is 13.7 Å². The Morgan fingerprint density at radius 1 is 1.33 bits per heavy atom. The number of ether oxygens (including phenoxy) is 1. The van der Waals surface area contributed by atoms with E-state index in [1.807, 2.05) is 35.8 Å². The van der Waals surface area contributed by atoms with Gasteiger partial charge in [0.15, 0.2) is 5.16 Å². The molecule has 0 fully saturated rings. The fraction of sp³-hybridized carbons (Fsp3) is 0.450. The summed E-state index contributed by atoms with van der Waals surface area (Å²) >= 11 is 1.41. The average Bonchev–Trinajstić information content (AvgIpc) is 3.16. The van der Waals surface area contributed by atoms with E-state index < -0.39 is 0 Å². The van der Waals surface area contributed by atoms with Gasteiger partial charge in [0.2, 0.25) is 5.91 Å². The first-order valence-corrected chi connectivity index (χ1v) is 10.2. The number of amides is 1. The maximum Gasteiger partial charge on any atom is 0.233 e. The molecule has 2 aromatic rings. The van der Waals surface area contributed by atoms with Gasteiger partial charge in [-0.15, -0.1) is 10.2 Å². The van der Waals surface area contributed by atoms with E-state index in [4.69, 9.17) is 4.74 Å². The Morgan fingerprint density at radius 3 is 2.85 bits per heavy atom. The van der Waals surface area contributed by atoms with Crippen LogP contribution in [0, 0.1) is 0 Å². The third-order valence-corrected chi connectivity index (χ3v) is 5.71. The molecule has 0 spiro atoms. The quantitative estimate of drug-likeness (QED) is 0.553. The first-order valence-electron chi connectivity index (χ1n) is 9.34. The van der Waals surface area contributed by atoms with Crippen LogP contribution in [0.15, 0.2) is 47.4 Å². The molecule has 27 heavy (non-hydrogen) atoms. The zero-order valence-electron chi connectivity index (χ0n) is 15.9. The zero-order valence-corrected chi connectivity index (χ0v) is 16.7. The molecule has 1 aliphatic carbocycles. The third-order valence-electron chi connectivity index (χ3n) is 4.65. The van der Waals surface area contributed by atoms with Crippen LogP contribution >= 0.6 is 11.8 Å². The van der Waals surface area contributed by atoms with Crippen molar-refractivity contribution in [2.45, 2.75) is 49.4 Å². The molecule has 1 aromatic carbocycles. The summed E-state index contributed by atoms with van der Waals surface area (Å²) in [7, 11) is 1.64. The fourth-order valence-electron chi connectivity index (χ4n) is 3.06. The molecule has 0 saturated heterocycles. The molecule has 0 bridgehead atoms. The second kappa shape index (κ2) is 9.60. The summed E-state index contributed by atoms with van der Waals surface area (Å²) in [4.78, 5) is 12.4. The Hall–Kier alpha value is -2.28. The van der Waals surface area contributed by atoms with Crippen molar-refractivity contribution in [1.82, 2.24) is 20.1 Å². The first-order chi connectivity index (χ1) is 13.2. The SMILES string of the molecule is COc1ccc(-n2cnnc2S[C@@H](C)C(=O)NCCC2=CCCCC2)cc1. The van der Waals surface area contributed by atoms with Crippen LogP contribution in [-0.4, -0.2) is 39.6 Å². The standard InChI is InChI=1S/C20H26N4O2S/c1-15(19(25)21-13-12-16-6-4-3-5-7-16)27-20-23-22-14-24(20)17-8-10-18(26-2)11-9-17/h6,8-11,14-15H,3-5,7,12-13H2,1-2H3,(H,21,25)/t15-/m0/s1. The number of aromatic nitrogens is 3. The number of hydrogen-bond acceptors (Lipinski definition) is 5. The van der Waals surface area contributed by atoms with Crippen molar-refractivity contribution in [3.63, 3.8) is 0 Å². The Bertz CT molecular complexity index is 786. The minimum Gasteiger partial charge on any atom is -0.497 e. The van der Waals surface area contributed by atoms with E-state index in [9.17, 15) is 4.79 Å². The van der Waals surface area contributed by atoms with Gasteiger partial charge in [-0.1, -0.05) is 23.4 Å². The van der Waals surface area contributed by atoms with Gasteiger partial charge < -0.3 is 10.1 Å². The van der Waals surface area contributed by atoms with Crippen LogP contribution in [-0.2, 0) is 4.79 Å². The number of thioether (sulfide) groups is 1. The van der Waals surface area contributed by atoms with Gasteiger partial charge in [0.05, 0.1) is 12.4 Å². The number of benzene rings is 1. The van der Waals surface area contributed by atoms with Crippen molar-refractivity contribution >= 4 is 17.7 Å². The summed E-state index contributed by atoms with van der Waals surface area (Å²) in [6, 6.07) is 7.66. The van der Waals surface area contributed by atoms with Gasteiger partial charge >= 0.3 is 0 Å². The van der Waals surface area contributed by atoms with Gasteiger partial charge in [-0.25, -0.2) is 0 Å². The molecule has 1 amide bonds. The monoisotopic (exact) mass is 386 g/mol. The molecular weight excluding hydrogens is 360 g/mol. The molecule has 1 atom stereocenters. The predicted molar refractivity (Wildman–Crippen MR) is 107 cm³/mol. The lowest BCUT2D eigenvalue weighted by Gasteiger charge is -2.15. The van der Waals surface area contributed by atoms with Crippen molar-refractivity contribution in [1.29, 1.82) is 0 Å². The lowest BCUT2D eigenvalue weighted by molar-refractivity contribution is -0.120. The van der Waals surface area contributed by atoms with Crippen LogP contribution in [0.1, 0.15) is 39.0 Å². The lowest BCUT2D eigenvalue weighted by Crippen LogP contribution is -2.32. The van der Waals surface area contributed by atoms with E-state index in [0.29, 0.717) is 11.7 Å². The van der Waals surface area contributed by atoms with E-state index in [1.54, 1.807) is 13.4 Å². The smallest absolute Gasteiger partial charge is 0.233 e. The van der Waals surface area contributed by atoms with Crippen molar-refractivity contribution in [3.05, 3.63) is 42.2 Å².